The van der Waals surface area contributed by atoms with Crippen molar-refractivity contribution < 1.29 is 27.8 Å². The van der Waals surface area contributed by atoms with E-state index in [4.69, 9.17) is 15.3 Å². The van der Waals surface area contributed by atoms with Gasteiger partial charge in [0.25, 0.3) is 0 Å². The van der Waals surface area contributed by atoms with E-state index in [1.807, 2.05) is 12.1 Å². The van der Waals surface area contributed by atoms with E-state index in [9.17, 15) is 13.6 Å². The minimum absolute atomic E-state index is 0.0237. The molecule has 1 aliphatic rings. The first-order chi connectivity index (χ1) is 15.0. The van der Waals surface area contributed by atoms with E-state index >= 15 is 0 Å². The van der Waals surface area contributed by atoms with Gasteiger partial charge in [0, 0.05) is 12.1 Å². The molecule has 0 saturated heterocycles. The second-order valence-corrected chi connectivity index (χ2v) is 7.27. The van der Waals surface area contributed by atoms with Gasteiger partial charge in [0.05, 0.1) is 5.75 Å². The van der Waals surface area contributed by atoms with Crippen molar-refractivity contribution in [1.29, 1.82) is 0 Å². The number of ether oxygens (including phenoxy) is 3. The van der Waals surface area contributed by atoms with Crippen molar-refractivity contribution in [3.05, 3.63) is 48.0 Å². The molecule has 1 amide bonds. The summed E-state index contributed by atoms with van der Waals surface area (Å²) in [7, 11) is 0. The molecule has 0 fully saturated rings. The molecule has 0 aliphatic carbocycles. The van der Waals surface area contributed by atoms with E-state index in [1.54, 1.807) is 6.07 Å². The first-order valence-corrected chi connectivity index (χ1v) is 10.0. The number of amides is 1. The molecule has 0 unspecified atom stereocenters. The van der Waals surface area contributed by atoms with E-state index in [1.165, 1.54) is 28.9 Å². The van der Waals surface area contributed by atoms with Crippen LogP contribution < -0.4 is 25.4 Å². The molecule has 1 aliphatic heterocycles. The van der Waals surface area contributed by atoms with E-state index < -0.39 is 6.61 Å². The number of rotatable bonds is 8. The number of nitrogens with one attached hydrogen (secondary N) is 1. The SMILES string of the molecule is Nn1c(SCC(=O)NCc2ccc3c(c2)OCO3)nnc1-c1ccc(OC(F)F)cc1. The summed E-state index contributed by atoms with van der Waals surface area (Å²) in [6, 6.07) is 11.3. The van der Waals surface area contributed by atoms with Gasteiger partial charge < -0.3 is 25.4 Å². The summed E-state index contributed by atoms with van der Waals surface area (Å²) in [5, 5.41) is 11.1. The Morgan fingerprint density at radius 3 is 2.74 bits per heavy atom. The van der Waals surface area contributed by atoms with Gasteiger partial charge in [0.1, 0.15) is 5.75 Å². The first-order valence-electron chi connectivity index (χ1n) is 9.03. The van der Waals surface area contributed by atoms with Gasteiger partial charge in [-0.2, -0.15) is 8.78 Å². The Balaban J connectivity index is 1.31. The van der Waals surface area contributed by atoms with Crippen molar-refractivity contribution in [2.24, 2.45) is 0 Å². The number of aromatic nitrogens is 3. The van der Waals surface area contributed by atoms with Crippen LogP contribution in [0.4, 0.5) is 8.78 Å². The maximum absolute atomic E-state index is 12.3. The highest BCUT2D eigenvalue weighted by atomic mass is 32.2. The molecule has 162 valence electrons. The average molecular weight is 449 g/mol. The van der Waals surface area contributed by atoms with Crippen molar-refractivity contribution in [3.8, 4) is 28.6 Å². The normalized spacial score (nSPS) is 12.2. The molecule has 0 bridgehead atoms. The van der Waals surface area contributed by atoms with Gasteiger partial charge in [-0.15, -0.1) is 10.2 Å². The molecule has 9 nitrogen and oxygen atoms in total. The number of hydrogen-bond donors (Lipinski definition) is 2. The van der Waals surface area contributed by atoms with Crippen LogP contribution >= 0.6 is 11.8 Å². The van der Waals surface area contributed by atoms with Gasteiger partial charge in [0.15, 0.2) is 17.3 Å². The fourth-order valence-corrected chi connectivity index (χ4v) is 3.48. The molecule has 4 rings (SSSR count). The molecule has 31 heavy (non-hydrogen) atoms. The summed E-state index contributed by atoms with van der Waals surface area (Å²) < 4.78 is 40.6. The average Bonchev–Trinajstić information content (AvgIpc) is 3.37. The van der Waals surface area contributed by atoms with E-state index in [2.05, 4.69) is 20.3 Å². The summed E-state index contributed by atoms with van der Waals surface area (Å²) in [6.45, 7) is -2.37. The monoisotopic (exact) mass is 449 g/mol. The first kappa shape index (κ1) is 20.7. The van der Waals surface area contributed by atoms with Crippen LogP contribution in [0.1, 0.15) is 5.56 Å². The van der Waals surface area contributed by atoms with Crippen LogP contribution in [-0.2, 0) is 11.3 Å². The zero-order chi connectivity index (χ0) is 21.8. The van der Waals surface area contributed by atoms with Gasteiger partial charge in [-0.05, 0) is 42.0 Å². The van der Waals surface area contributed by atoms with Gasteiger partial charge in [-0.3, -0.25) is 4.79 Å². The number of hydrogen-bond acceptors (Lipinski definition) is 8. The number of alkyl halides is 2. The summed E-state index contributed by atoms with van der Waals surface area (Å²) in [5.74, 6) is 7.58. The Labute approximate surface area is 179 Å². The number of carbonyl (C=O) groups is 1. The third kappa shape index (κ3) is 4.97. The lowest BCUT2D eigenvalue weighted by Gasteiger charge is -2.07. The lowest BCUT2D eigenvalue weighted by molar-refractivity contribution is -0.118. The largest absolute Gasteiger partial charge is 0.454 e. The van der Waals surface area contributed by atoms with Crippen molar-refractivity contribution in [2.75, 3.05) is 18.4 Å². The standard InChI is InChI=1S/C19H17F2N5O4S/c20-18(21)30-13-4-2-12(3-5-13)17-24-25-19(26(17)22)31-9-16(27)23-8-11-1-6-14-15(7-11)29-10-28-14/h1-7,18H,8-10,22H2,(H,23,27). The number of fused-ring (bicyclic) bond motifs is 1. The maximum Gasteiger partial charge on any atom is 0.387 e. The van der Waals surface area contributed by atoms with Crippen LogP contribution in [-0.4, -0.2) is 39.9 Å². The van der Waals surface area contributed by atoms with Crippen molar-refractivity contribution >= 4 is 17.7 Å². The van der Waals surface area contributed by atoms with Crippen LogP contribution in [0.5, 0.6) is 17.2 Å². The highest BCUT2D eigenvalue weighted by Gasteiger charge is 2.16. The Morgan fingerprint density at radius 1 is 1.19 bits per heavy atom. The predicted octanol–water partition coefficient (Wildman–Crippen LogP) is 2.40. The van der Waals surface area contributed by atoms with Crippen LogP contribution in [0.25, 0.3) is 11.4 Å². The van der Waals surface area contributed by atoms with E-state index in [0.29, 0.717) is 34.6 Å². The van der Waals surface area contributed by atoms with Crippen LogP contribution in [0.3, 0.4) is 0 Å². The third-order valence-electron chi connectivity index (χ3n) is 4.26. The Bertz CT molecular complexity index is 1080. The molecule has 3 aromatic rings. The van der Waals surface area contributed by atoms with Crippen LogP contribution in [0, 0.1) is 0 Å². The van der Waals surface area contributed by atoms with Gasteiger partial charge >= 0.3 is 6.61 Å². The van der Waals surface area contributed by atoms with Crippen molar-refractivity contribution in [1.82, 2.24) is 20.2 Å². The number of carbonyl (C=O) groups excluding carboxylic acids is 1. The lowest BCUT2D eigenvalue weighted by atomic mass is 10.2. The molecular formula is C19H17F2N5O4S. The van der Waals surface area contributed by atoms with Crippen LogP contribution in [0.2, 0.25) is 0 Å². The Kier molecular flexibility index (Phi) is 6.07. The number of thioether (sulfide) groups is 1. The second kappa shape index (κ2) is 9.08. The minimum Gasteiger partial charge on any atom is -0.454 e. The highest BCUT2D eigenvalue weighted by Crippen LogP contribution is 2.32. The fourth-order valence-electron chi connectivity index (χ4n) is 2.79. The van der Waals surface area contributed by atoms with Crippen molar-refractivity contribution in [3.63, 3.8) is 0 Å². The number of halogens is 2. The maximum atomic E-state index is 12.3. The Morgan fingerprint density at radius 2 is 1.97 bits per heavy atom. The molecule has 0 radical (unpaired) electrons. The van der Waals surface area contributed by atoms with Gasteiger partial charge in [-0.25, -0.2) is 4.68 Å². The molecule has 2 heterocycles. The fraction of sp³-hybridized carbons (Fsp3) is 0.211. The topological polar surface area (TPSA) is 114 Å². The summed E-state index contributed by atoms with van der Waals surface area (Å²) >= 11 is 1.12. The zero-order valence-electron chi connectivity index (χ0n) is 16.0. The number of nitrogens with zero attached hydrogens (tertiary/aromatic N) is 3. The molecular weight excluding hydrogens is 432 g/mol. The summed E-state index contributed by atoms with van der Waals surface area (Å²) in [4.78, 5) is 12.2. The predicted molar refractivity (Wildman–Crippen MR) is 107 cm³/mol. The minimum atomic E-state index is -2.90. The van der Waals surface area contributed by atoms with E-state index in [-0.39, 0.29) is 24.2 Å². The molecule has 12 heteroatoms. The number of benzene rings is 2. The molecule has 0 saturated carbocycles. The van der Waals surface area contributed by atoms with Gasteiger partial charge in [-0.1, -0.05) is 17.8 Å². The van der Waals surface area contributed by atoms with Crippen molar-refractivity contribution in [2.45, 2.75) is 18.3 Å². The molecule has 1 aromatic heterocycles. The highest BCUT2D eigenvalue weighted by molar-refractivity contribution is 7.99. The Hall–Kier alpha value is -3.54. The summed E-state index contributed by atoms with van der Waals surface area (Å²) in [5.41, 5.74) is 1.45. The quantitative estimate of drug-likeness (QED) is 0.398. The van der Waals surface area contributed by atoms with Gasteiger partial charge in [0.2, 0.25) is 17.9 Å². The smallest absolute Gasteiger partial charge is 0.387 e. The second-order valence-electron chi connectivity index (χ2n) is 6.33. The molecule has 0 spiro atoms. The number of nitrogens with two attached hydrogens (primary N) is 1. The number of nitrogen functional groups attached to an aromatic ring is 1. The molecule has 0 atom stereocenters. The summed E-state index contributed by atoms with van der Waals surface area (Å²) in [6.07, 6.45) is 0. The van der Waals surface area contributed by atoms with E-state index in [0.717, 1.165) is 17.3 Å². The van der Waals surface area contributed by atoms with Crippen LogP contribution in [0.15, 0.2) is 47.6 Å². The lowest BCUT2D eigenvalue weighted by Crippen LogP contribution is -2.25. The molecule has 2 aromatic carbocycles. The molecule has 3 N–H and O–H groups in total. The third-order valence-corrected chi connectivity index (χ3v) is 5.20. The zero-order valence-corrected chi connectivity index (χ0v) is 16.8.